The van der Waals surface area contributed by atoms with Crippen molar-refractivity contribution in [3.63, 3.8) is 0 Å². The van der Waals surface area contributed by atoms with Crippen LogP contribution >= 0.6 is 0 Å². The van der Waals surface area contributed by atoms with Gasteiger partial charge in [0.2, 0.25) is 5.91 Å². The number of hydrogen-bond acceptors (Lipinski definition) is 4. The van der Waals surface area contributed by atoms with Crippen LogP contribution < -0.4 is 5.32 Å². The molecule has 1 atom stereocenters. The minimum Gasteiger partial charge on any atom is -0.465 e. The van der Waals surface area contributed by atoms with Crippen molar-refractivity contribution in [3.8, 4) is 0 Å². The van der Waals surface area contributed by atoms with Gasteiger partial charge in [-0.2, -0.15) is 0 Å². The average Bonchev–Trinajstić information content (AvgIpc) is 2.72. The van der Waals surface area contributed by atoms with Crippen molar-refractivity contribution in [2.24, 2.45) is 5.41 Å². The van der Waals surface area contributed by atoms with Gasteiger partial charge in [0.05, 0.1) is 13.2 Å². The number of aliphatic hydroxyl groups excluding tert-OH is 1. The highest BCUT2D eigenvalue weighted by atomic mass is 16.5. The number of amides is 1. The number of carbonyl (C=O) groups is 2. The minimum atomic E-state index is -1.11. The van der Waals surface area contributed by atoms with Gasteiger partial charge in [-0.15, -0.1) is 0 Å². The third kappa shape index (κ3) is 9.44. The van der Waals surface area contributed by atoms with Crippen LogP contribution in [0.2, 0.25) is 0 Å². The van der Waals surface area contributed by atoms with Crippen LogP contribution in [0.5, 0.6) is 0 Å². The molecule has 1 unspecified atom stereocenters. The first-order valence-electron chi connectivity index (χ1n) is 11.1. The zero-order valence-corrected chi connectivity index (χ0v) is 18.5. The number of carbonyl (C=O) groups excluding carboxylic acids is 2. The summed E-state index contributed by atoms with van der Waals surface area (Å²) in [5, 5.41) is 12.6. The zero-order valence-electron chi connectivity index (χ0n) is 18.5. The van der Waals surface area contributed by atoms with Gasteiger partial charge in [0, 0.05) is 13.5 Å². The summed E-state index contributed by atoms with van der Waals surface area (Å²) in [5.74, 6) is -0.692. The highest BCUT2D eigenvalue weighted by Gasteiger charge is 2.39. The van der Waals surface area contributed by atoms with E-state index in [4.69, 9.17) is 4.74 Å². The number of aliphatic hydroxyl groups is 1. The summed E-state index contributed by atoms with van der Waals surface area (Å²) in [7, 11) is 0. The van der Waals surface area contributed by atoms with Crippen molar-refractivity contribution in [3.05, 3.63) is 35.4 Å². The van der Waals surface area contributed by atoms with Gasteiger partial charge < -0.3 is 15.2 Å². The standard InChI is InChI=1S/C24H39NO4/c1-4-6-7-8-9-10-11-21-12-14-22(15-13-21)16-17-24(19-26,18-25-20(3)27)23(28)29-5-2/h12-15,26H,4-11,16-19H2,1-3H3,(H,25,27). The fraction of sp³-hybridized carbons (Fsp3) is 0.667. The third-order valence-electron chi connectivity index (χ3n) is 5.42. The van der Waals surface area contributed by atoms with Gasteiger partial charge in [-0.3, -0.25) is 9.59 Å². The summed E-state index contributed by atoms with van der Waals surface area (Å²) in [6, 6.07) is 8.50. The molecule has 1 aromatic rings. The Hall–Kier alpha value is -1.88. The number of benzene rings is 1. The maximum absolute atomic E-state index is 12.5. The number of unbranched alkanes of at least 4 members (excludes halogenated alkanes) is 5. The summed E-state index contributed by atoms with van der Waals surface area (Å²) >= 11 is 0. The van der Waals surface area contributed by atoms with Crippen LogP contribution in [0.4, 0.5) is 0 Å². The molecule has 0 spiro atoms. The topological polar surface area (TPSA) is 75.6 Å². The van der Waals surface area contributed by atoms with Crippen LogP contribution in [-0.2, 0) is 27.2 Å². The molecule has 0 bridgehead atoms. The Balaban J connectivity index is 2.60. The van der Waals surface area contributed by atoms with Crippen molar-refractivity contribution in [1.82, 2.24) is 5.32 Å². The van der Waals surface area contributed by atoms with Gasteiger partial charge in [-0.1, -0.05) is 63.3 Å². The monoisotopic (exact) mass is 405 g/mol. The molecule has 0 heterocycles. The molecule has 0 saturated carbocycles. The van der Waals surface area contributed by atoms with Crippen molar-refractivity contribution in [2.45, 2.75) is 78.6 Å². The molecular weight excluding hydrogens is 366 g/mol. The van der Waals surface area contributed by atoms with Gasteiger partial charge >= 0.3 is 5.97 Å². The van der Waals surface area contributed by atoms with Crippen LogP contribution in [-0.4, -0.2) is 36.7 Å². The molecule has 1 amide bonds. The maximum atomic E-state index is 12.5. The van der Waals surface area contributed by atoms with Crippen molar-refractivity contribution < 1.29 is 19.4 Å². The Morgan fingerprint density at radius 3 is 2.10 bits per heavy atom. The fourth-order valence-corrected chi connectivity index (χ4v) is 3.41. The molecule has 5 nitrogen and oxygen atoms in total. The van der Waals surface area contributed by atoms with Crippen molar-refractivity contribution >= 4 is 11.9 Å². The molecule has 164 valence electrons. The third-order valence-corrected chi connectivity index (χ3v) is 5.42. The highest BCUT2D eigenvalue weighted by molar-refractivity contribution is 5.79. The lowest BCUT2D eigenvalue weighted by Crippen LogP contribution is -2.46. The van der Waals surface area contributed by atoms with Gasteiger partial charge in [-0.05, 0) is 43.7 Å². The Morgan fingerprint density at radius 1 is 0.966 bits per heavy atom. The van der Waals surface area contributed by atoms with Crippen LogP contribution in [0.3, 0.4) is 0 Å². The predicted octanol–water partition coefficient (Wildman–Crippen LogP) is 4.20. The predicted molar refractivity (Wildman–Crippen MR) is 117 cm³/mol. The Bertz CT molecular complexity index is 599. The van der Waals surface area contributed by atoms with E-state index in [1.54, 1.807) is 6.92 Å². The van der Waals surface area contributed by atoms with E-state index in [1.807, 2.05) is 0 Å². The molecule has 29 heavy (non-hydrogen) atoms. The zero-order chi connectivity index (χ0) is 21.5. The second kappa shape index (κ2) is 14.2. The second-order valence-electron chi connectivity index (χ2n) is 7.90. The average molecular weight is 406 g/mol. The Morgan fingerprint density at radius 2 is 1.55 bits per heavy atom. The molecule has 1 aromatic carbocycles. The van der Waals surface area contributed by atoms with E-state index < -0.39 is 11.4 Å². The SMILES string of the molecule is CCCCCCCCc1ccc(CCC(CO)(CNC(C)=O)C(=O)OCC)cc1. The molecule has 0 aliphatic heterocycles. The van der Waals surface area contributed by atoms with Crippen LogP contribution in [0.15, 0.2) is 24.3 Å². The summed E-state index contributed by atoms with van der Waals surface area (Å²) in [6.45, 7) is 5.33. The van der Waals surface area contributed by atoms with Crippen LogP contribution in [0.1, 0.15) is 76.8 Å². The van der Waals surface area contributed by atoms with E-state index in [0.29, 0.717) is 12.8 Å². The second-order valence-corrected chi connectivity index (χ2v) is 7.90. The molecule has 0 aromatic heterocycles. The fourth-order valence-electron chi connectivity index (χ4n) is 3.41. The summed E-state index contributed by atoms with van der Waals surface area (Å²) in [5.41, 5.74) is 1.33. The number of rotatable bonds is 15. The number of nitrogens with one attached hydrogen (secondary N) is 1. The lowest BCUT2D eigenvalue weighted by molar-refractivity contribution is -0.158. The summed E-state index contributed by atoms with van der Waals surface area (Å²) in [6.07, 6.45) is 9.91. The van der Waals surface area contributed by atoms with E-state index in [9.17, 15) is 14.7 Å². The molecule has 0 aliphatic carbocycles. The van der Waals surface area contributed by atoms with Crippen molar-refractivity contribution in [1.29, 1.82) is 0 Å². The smallest absolute Gasteiger partial charge is 0.316 e. The first-order valence-corrected chi connectivity index (χ1v) is 11.1. The first kappa shape index (κ1) is 25.2. The largest absolute Gasteiger partial charge is 0.465 e. The summed E-state index contributed by atoms with van der Waals surface area (Å²) < 4.78 is 5.17. The lowest BCUT2D eigenvalue weighted by atomic mass is 9.82. The maximum Gasteiger partial charge on any atom is 0.316 e. The van der Waals surface area contributed by atoms with Gasteiger partial charge in [0.1, 0.15) is 5.41 Å². The minimum absolute atomic E-state index is 0.0772. The number of hydrogen-bond donors (Lipinski definition) is 2. The molecule has 0 radical (unpaired) electrons. The van der Waals surface area contributed by atoms with Crippen LogP contribution in [0.25, 0.3) is 0 Å². The normalized spacial score (nSPS) is 13.0. The van der Waals surface area contributed by atoms with E-state index >= 15 is 0 Å². The van der Waals surface area contributed by atoms with Crippen molar-refractivity contribution in [2.75, 3.05) is 19.8 Å². The highest BCUT2D eigenvalue weighted by Crippen LogP contribution is 2.26. The molecule has 5 heteroatoms. The Kier molecular flexibility index (Phi) is 12.3. The number of esters is 1. The van der Waals surface area contributed by atoms with Gasteiger partial charge in [-0.25, -0.2) is 0 Å². The molecular formula is C24H39NO4. The molecule has 1 rings (SSSR count). The lowest BCUT2D eigenvalue weighted by Gasteiger charge is -2.29. The molecule has 0 aliphatic rings. The number of ether oxygens (including phenoxy) is 1. The van der Waals surface area contributed by atoms with Gasteiger partial charge in [0.25, 0.3) is 0 Å². The van der Waals surface area contributed by atoms with Gasteiger partial charge in [0.15, 0.2) is 0 Å². The van der Waals surface area contributed by atoms with E-state index in [1.165, 1.54) is 51.0 Å². The van der Waals surface area contributed by atoms with E-state index in [0.717, 1.165) is 12.0 Å². The summed E-state index contributed by atoms with van der Waals surface area (Å²) in [4.78, 5) is 23.8. The van der Waals surface area contributed by atoms with Crippen LogP contribution in [0, 0.1) is 5.41 Å². The van der Waals surface area contributed by atoms with E-state index in [-0.39, 0.29) is 25.7 Å². The molecule has 0 saturated heterocycles. The molecule has 0 fully saturated rings. The van der Waals surface area contributed by atoms with E-state index in [2.05, 4.69) is 36.5 Å². The molecule has 2 N–H and O–H groups in total. The number of aryl methyl sites for hydroxylation is 2. The Labute approximate surface area is 176 Å². The first-order chi connectivity index (χ1) is 14.0. The quantitative estimate of drug-likeness (QED) is 0.339.